The number of nitrogens with one attached hydrogen (secondary N) is 2. The van der Waals surface area contributed by atoms with Crippen molar-refractivity contribution in [3.8, 4) is 0 Å². The minimum Gasteiger partial charge on any atom is -0.455 e. The largest absolute Gasteiger partial charge is 0.455 e. The number of amides is 3. The Morgan fingerprint density at radius 2 is 1.83 bits per heavy atom. The van der Waals surface area contributed by atoms with E-state index in [0.29, 0.717) is 5.69 Å². The molecule has 2 aromatic rings. The number of anilines is 1. The lowest BCUT2D eigenvalue weighted by Gasteiger charge is -2.18. The minimum absolute atomic E-state index is 0.0534. The first-order valence-corrected chi connectivity index (χ1v) is 10.1. The maximum absolute atomic E-state index is 12.3. The molecule has 1 aliphatic heterocycles. The molecule has 30 heavy (non-hydrogen) atoms. The van der Waals surface area contributed by atoms with E-state index in [-0.39, 0.29) is 23.6 Å². The lowest BCUT2D eigenvalue weighted by Crippen LogP contribution is -2.43. The number of hydrazine groups is 1. The van der Waals surface area contributed by atoms with Crippen molar-refractivity contribution in [1.29, 1.82) is 0 Å². The SMILES string of the molecule is O=C(COC(=O)[C@H]1CC(=O)N(NC(=O)c2ccccc2Cl)C1)Nc1ccc(Br)cc1. The molecular formula is C20H17BrClN3O5. The molecule has 1 saturated heterocycles. The highest BCUT2D eigenvalue weighted by Gasteiger charge is 2.36. The van der Waals surface area contributed by atoms with Gasteiger partial charge in [0.15, 0.2) is 6.61 Å². The van der Waals surface area contributed by atoms with E-state index in [4.69, 9.17) is 16.3 Å². The highest BCUT2D eigenvalue weighted by Crippen LogP contribution is 2.20. The summed E-state index contributed by atoms with van der Waals surface area (Å²) in [7, 11) is 0. The quantitative estimate of drug-likeness (QED) is 0.601. The predicted molar refractivity (Wildman–Crippen MR) is 112 cm³/mol. The maximum Gasteiger partial charge on any atom is 0.311 e. The van der Waals surface area contributed by atoms with Crippen molar-refractivity contribution in [2.24, 2.45) is 5.92 Å². The molecule has 1 atom stereocenters. The Kier molecular flexibility index (Phi) is 7.07. The summed E-state index contributed by atoms with van der Waals surface area (Å²) >= 11 is 9.27. The monoisotopic (exact) mass is 493 g/mol. The van der Waals surface area contributed by atoms with Crippen molar-refractivity contribution in [2.45, 2.75) is 6.42 Å². The van der Waals surface area contributed by atoms with Gasteiger partial charge in [-0.2, -0.15) is 0 Å². The summed E-state index contributed by atoms with van der Waals surface area (Å²) in [6.45, 7) is -0.534. The van der Waals surface area contributed by atoms with Gasteiger partial charge in [-0.1, -0.05) is 39.7 Å². The second-order valence-electron chi connectivity index (χ2n) is 6.49. The first kappa shape index (κ1) is 21.8. The van der Waals surface area contributed by atoms with E-state index in [2.05, 4.69) is 26.7 Å². The van der Waals surface area contributed by atoms with Crippen LogP contribution >= 0.6 is 27.5 Å². The van der Waals surface area contributed by atoms with Gasteiger partial charge in [-0.15, -0.1) is 0 Å². The molecule has 3 rings (SSSR count). The molecule has 0 bridgehead atoms. The number of hydrogen-bond acceptors (Lipinski definition) is 5. The van der Waals surface area contributed by atoms with Gasteiger partial charge in [0.2, 0.25) is 5.91 Å². The fourth-order valence-electron chi connectivity index (χ4n) is 2.79. The number of nitrogens with zero attached hydrogens (tertiary/aromatic N) is 1. The molecule has 0 saturated carbocycles. The molecule has 0 unspecified atom stereocenters. The number of hydrogen-bond donors (Lipinski definition) is 2. The molecule has 1 heterocycles. The lowest BCUT2D eigenvalue weighted by atomic mass is 10.1. The molecule has 10 heteroatoms. The van der Waals surface area contributed by atoms with Crippen LogP contribution in [0.4, 0.5) is 5.69 Å². The standard InChI is InChI=1S/C20H17BrClN3O5/c21-13-5-7-14(8-6-13)23-17(26)11-30-20(29)12-9-18(27)25(10-12)24-19(28)15-3-1-2-4-16(15)22/h1-8,12H,9-11H2,(H,23,26)(H,24,28)/t12-/m0/s1. The Balaban J connectivity index is 1.48. The van der Waals surface area contributed by atoms with Crippen LogP contribution in [0.1, 0.15) is 16.8 Å². The summed E-state index contributed by atoms with van der Waals surface area (Å²) < 4.78 is 5.88. The van der Waals surface area contributed by atoms with Gasteiger partial charge < -0.3 is 10.1 Å². The Labute approximate surface area is 185 Å². The molecule has 2 N–H and O–H groups in total. The average molecular weight is 495 g/mol. The Morgan fingerprint density at radius 1 is 1.13 bits per heavy atom. The topological polar surface area (TPSA) is 105 Å². The van der Waals surface area contributed by atoms with Gasteiger partial charge in [-0.25, -0.2) is 0 Å². The summed E-state index contributed by atoms with van der Waals surface area (Å²) in [6.07, 6.45) is -0.129. The van der Waals surface area contributed by atoms with Crippen molar-refractivity contribution >= 4 is 56.9 Å². The average Bonchev–Trinajstić information content (AvgIpc) is 3.08. The van der Waals surface area contributed by atoms with E-state index in [0.717, 1.165) is 9.48 Å². The van der Waals surface area contributed by atoms with Gasteiger partial charge in [0.1, 0.15) is 0 Å². The van der Waals surface area contributed by atoms with E-state index >= 15 is 0 Å². The maximum atomic E-state index is 12.3. The molecule has 0 aromatic heterocycles. The van der Waals surface area contributed by atoms with Crippen molar-refractivity contribution in [3.05, 3.63) is 63.6 Å². The van der Waals surface area contributed by atoms with E-state index in [1.54, 1.807) is 42.5 Å². The van der Waals surface area contributed by atoms with Gasteiger partial charge in [-0.05, 0) is 36.4 Å². The molecule has 3 amide bonds. The molecule has 0 radical (unpaired) electrons. The number of esters is 1. The van der Waals surface area contributed by atoms with Crippen LogP contribution in [0.2, 0.25) is 5.02 Å². The number of ether oxygens (including phenoxy) is 1. The first-order chi connectivity index (χ1) is 14.3. The molecule has 0 spiro atoms. The molecule has 8 nitrogen and oxygen atoms in total. The second-order valence-corrected chi connectivity index (χ2v) is 7.81. The van der Waals surface area contributed by atoms with Crippen LogP contribution in [0.25, 0.3) is 0 Å². The van der Waals surface area contributed by atoms with Crippen LogP contribution in [0.15, 0.2) is 53.0 Å². The van der Waals surface area contributed by atoms with Gasteiger partial charge in [0.25, 0.3) is 11.8 Å². The molecule has 0 aliphatic carbocycles. The Morgan fingerprint density at radius 3 is 2.53 bits per heavy atom. The Hall–Kier alpha value is -2.91. The van der Waals surface area contributed by atoms with Crippen LogP contribution < -0.4 is 10.7 Å². The number of benzene rings is 2. The Bertz CT molecular complexity index is 983. The number of halogens is 2. The third-order valence-corrected chi connectivity index (χ3v) is 5.15. The van der Waals surface area contributed by atoms with E-state index in [1.165, 1.54) is 6.07 Å². The van der Waals surface area contributed by atoms with Gasteiger partial charge in [0, 0.05) is 16.6 Å². The van der Waals surface area contributed by atoms with Crippen molar-refractivity contribution in [1.82, 2.24) is 10.4 Å². The minimum atomic E-state index is -0.787. The van der Waals surface area contributed by atoms with Crippen LogP contribution in [-0.4, -0.2) is 41.9 Å². The first-order valence-electron chi connectivity index (χ1n) is 8.91. The van der Waals surface area contributed by atoms with Crippen LogP contribution in [0, 0.1) is 5.92 Å². The van der Waals surface area contributed by atoms with E-state index in [9.17, 15) is 19.2 Å². The highest BCUT2D eigenvalue weighted by atomic mass is 79.9. The molecule has 2 aromatic carbocycles. The number of carbonyl (C=O) groups excluding carboxylic acids is 4. The van der Waals surface area contributed by atoms with Crippen LogP contribution in [0.5, 0.6) is 0 Å². The van der Waals surface area contributed by atoms with Gasteiger partial charge in [-0.3, -0.25) is 29.6 Å². The zero-order valence-corrected chi connectivity index (χ0v) is 17.9. The third-order valence-electron chi connectivity index (χ3n) is 4.29. The molecule has 1 fully saturated rings. The van der Waals surface area contributed by atoms with Crippen molar-refractivity contribution in [2.75, 3.05) is 18.5 Å². The summed E-state index contributed by atoms with van der Waals surface area (Å²) in [6, 6.07) is 13.3. The summed E-state index contributed by atoms with van der Waals surface area (Å²) in [4.78, 5) is 48.6. The normalized spacial score (nSPS) is 15.6. The van der Waals surface area contributed by atoms with Crippen LogP contribution in [-0.2, 0) is 19.1 Å². The second kappa shape index (κ2) is 9.73. The highest BCUT2D eigenvalue weighted by molar-refractivity contribution is 9.10. The fourth-order valence-corrected chi connectivity index (χ4v) is 3.27. The van der Waals surface area contributed by atoms with E-state index < -0.39 is 36.2 Å². The third kappa shape index (κ3) is 5.58. The molecule has 1 aliphatic rings. The van der Waals surface area contributed by atoms with Crippen LogP contribution in [0.3, 0.4) is 0 Å². The molecule has 156 valence electrons. The molecular weight excluding hydrogens is 478 g/mol. The fraction of sp³-hybridized carbons (Fsp3) is 0.200. The van der Waals surface area contributed by atoms with Gasteiger partial charge in [0.05, 0.1) is 23.0 Å². The summed E-state index contributed by atoms with van der Waals surface area (Å²) in [5.74, 6) is -2.97. The van der Waals surface area contributed by atoms with Crippen molar-refractivity contribution < 1.29 is 23.9 Å². The predicted octanol–water partition coefficient (Wildman–Crippen LogP) is 2.78. The smallest absolute Gasteiger partial charge is 0.311 e. The summed E-state index contributed by atoms with van der Waals surface area (Å²) in [5, 5.41) is 3.90. The zero-order chi connectivity index (χ0) is 21.7. The summed E-state index contributed by atoms with van der Waals surface area (Å²) in [5.41, 5.74) is 3.21. The number of carbonyl (C=O) groups is 4. The van der Waals surface area contributed by atoms with Gasteiger partial charge >= 0.3 is 5.97 Å². The van der Waals surface area contributed by atoms with E-state index in [1.807, 2.05) is 0 Å². The van der Waals surface area contributed by atoms with Crippen molar-refractivity contribution in [3.63, 3.8) is 0 Å². The number of rotatable bonds is 6. The lowest BCUT2D eigenvalue weighted by molar-refractivity contribution is -0.151. The zero-order valence-electron chi connectivity index (χ0n) is 15.6.